The largest absolute Gasteiger partial charge is 0.454 e. The smallest absolute Gasteiger partial charge is 0.231 e. The lowest BCUT2D eigenvalue weighted by molar-refractivity contribution is 0.174. The Hall–Kier alpha value is -2.31. The Bertz CT molecular complexity index is 818. The number of hydrogen-bond donors (Lipinski definition) is 3. The number of halogens is 2. The van der Waals surface area contributed by atoms with Gasteiger partial charge in [0, 0.05) is 18.8 Å². The summed E-state index contributed by atoms with van der Waals surface area (Å²) in [6, 6.07) is 9.51. The molecule has 2 aromatic rings. The molecule has 25 heavy (non-hydrogen) atoms. The SMILES string of the molecule is Clc1cc(NCc2ccc3c(c2)OCO3)cc(Cl)c1NC1=NCCN1. The van der Waals surface area contributed by atoms with Gasteiger partial charge in [0.1, 0.15) is 0 Å². The van der Waals surface area contributed by atoms with Crippen molar-refractivity contribution in [1.82, 2.24) is 5.32 Å². The monoisotopic (exact) mass is 378 g/mol. The van der Waals surface area contributed by atoms with Crippen LogP contribution in [0.2, 0.25) is 10.0 Å². The second-order valence-electron chi connectivity index (χ2n) is 5.64. The van der Waals surface area contributed by atoms with Crippen molar-refractivity contribution in [2.45, 2.75) is 6.54 Å². The van der Waals surface area contributed by atoms with E-state index in [4.69, 9.17) is 32.7 Å². The number of ether oxygens (including phenoxy) is 2. The van der Waals surface area contributed by atoms with E-state index in [1.54, 1.807) is 0 Å². The van der Waals surface area contributed by atoms with E-state index in [0.29, 0.717) is 28.2 Å². The summed E-state index contributed by atoms with van der Waals surface area (Å²) in [7, 11) is 0. The highest BCUT2D eigenvalue weighted by Gasteiger charge is 2.14. The summed E-state index contributed by atoms with van der Waals surface area (Å²) in [5.74, 6) is 2.22. The lowest BCUT2D eigenvalue weighted by Gasteiger charge is -2.14. The number of nitrogens with zero attached hydrogens (tertiary/aromatic N) is 1. The molecule has 0 unspecified atom stereocenters. The van der Waals surface area contributed by atoms with Crippen molar-refractivity contribution in [2.75, 3.05) is 30.5 Å². The normalized spacial score (nSPS) is 14.9. The van der Waals surface area contributed by atoms with Crippen molar-refractivity contribution in [2.24, 2.45) is 4.99 Å². The summed E-state index contributed by atoms with van der Waals surface area (Å²) in [6.07, 6.45) is 0. The lowest BCUT2D eigenvalue weighted by Crippen LogP contribution is -2.26. The van der Waals surface area contributed by atoms with Crippen LogP contribution in [0.25, 0.3) is 0 Å². The van der Waals surface area contributed by atoms with Crippen LogP contribution in [0.3, 0.4) is 0 Å². The first-order chi connectivity index (χ1) is 12.2. The van der Waals surface area contributed by atoms with Gasteiger partial charge in [0.15, 0.2) is 17.5 Å². The fourth-order valence-corrected chi connectivity index (χ4v) is 3.23. The number of hydrogen-bond acceptors (Lipinski definition) is 6. The minimum absolute atomic E-state index is 0.270. The van der Waals surface area contributed by atoms with Gasteiger partial charge >= 0.3 is 0 Å². The van der Waals surface area contributed by atoms with E-state index in [2.05, 4.69) is 20.9 Å². The van der Waals surface area contributed by atoms with Gasteiger partial charge in [0.25, 0.3) is 0 Å². The minimum Gasteiger partial charge on any atom is -0.454 e. The average Bonchev–Trinajstić information content (AvgIpc) is 3.27. The number of fused-ring (bicyclic) bond motifs is 1. The molecule has 2 aliphatic rings. The molecule has 0 aliphatic carbocycles. The molecule has 0 saturated carbocycles. The molecular weight excluding hydrogens is 363 g/mol. The molecule has 3 N–H and O–H groups in total. The van der Waals surface area contributed by atoms with E-state index in [-0.39, 0.29) is 6.79 Å². The summed E-state index contributed by atoms with van der Waals surface area (Å²) in [5, 5.41) is 10.6. The van der Waals surface area contributed by atoms with E-state index in [9.17, 15) is 0 Å². The highest BCUT2D eigenvalue weighted by Crippen LogP contribution is 2.35. The van der Waals surface area contributed by atoms with Crippen LogP contribution in [0, 0.1) is 0 Å². The molecule has 0 saturated heterocycles. The fraction of sp³-hybridized carbons (Fsp3) is 0.235. The summed E-state index contributed by atoms with van der Waals surface area (Å²) < 4.78 is 10.7. The Balaban J connectivity index is 1.45. The Morgan fingerprint density at radius 2 is 1.88 bits per heavy atom. The van der Waals surface area contributed by atoms with Gasteiger partial charge in [-0.15, -0.1) is 0 Å². The number of benzene rings is 2. The van der Waals surface area contributed by atoms with E-state index < -0.39 is 0 Å². The maximum atomic E-state index is 6.37. The Labute approximate surface area is 155 Å². The van der Waals surface area contributed by atoms with E-state index in [0.717, 1.165) is 35.8 Å². The Morgan fingerprint density at radius 3 is 2.64 bits per heavy atom. The van der Waals surface area contributed by atoms with Crippen LogP contribution in [0.4, 0.5) is 11.4 Å². The zero-order chi connectivity index (χ0) is 17.2. The van der Waals surface area contributed by atoms with Gasteiger partial charge in [-0.05, 0) is 29.8 Å². The molecule has 0 spiro atoms. The third kappa shape index (κ3) is 3.55. The minimum atomic E-state index is 0.270. The van der Waals surface area contributed by atoms with Crippen molar-refractivity contribution in [3.63, 3.8) is 0 Å². The molecule has 6 nitrogen and oxygen atoms in total. The standard InChI is InChI=1S/C17H16Cl2N4O2/c18-12-6-11(7-13(19)16(12)23-17-20-3-4-21-17)22-8-10-1-2-14-15(5-10)25-9-24-14/h1-2,5-7,22H,3-4,8-9H2,(H2,20,21,23). The molecule has 2 heterocycles. The molecule has 8 heteroatoms. The molecule has 0 amide bonds. The van der Waals surface area contributed by atoms with E-state index >= 15 is 0 Å². The second kappa shape index (κ2) is 6.90. The van der Waals surface area contributed by atoms with Gasteiger partial charge in [0.2, 0.25) is 6.79 Å². The predicted octanol–water partition coefficient (Wildman–Crippen LogP) is 3.71. The number of guanidine groups is 1. The maximum Gasteiger partial charge on any atom is 0.231 e. The number of rotatable bonds is 4. The first-order valence-electron chi connectivity index (χ1n) is 7.86. The average molecular weight is 379 g/mol. The van der Waals surface area contributed by atoms with E-state index in [1.807, 2.05) is 30.3 Å². The molecule has 0 radical (unpaired) electrons. The first-order valence-corrected chi connectivity index (χ1v) is 8.61. The van der Waals surface area contributed by atoms with Crippen molar-refractivity contribution < 1.29 is 9.47 Å². The summed E-state index contributed by atoms with van der Waals surface area (Å²) in [4.78, 5) is 4.28. The Morgan fingerprint density at radius 1 is 1.08 bits per heavy atom. The molecule has 0 atom stereocenters. The zero-order valence-corrected chi connectivity index (χ0v) is 14.7. The van der Waals surface area contributed by atoms with Gasteiger partial charge in [-0.1, -0.05) is 29.3 Å². The first kappa shape index (κ1) is 16.2. The molecule has 2 aliphatic heterocycles. The van der Waals surface area contributed by atoms with Crippen LogP contribution in [0.1, 0.15) is 5.56 Å². The van der Waals surface area contributed by atoms with Gasteiger partial charge in [-0.3, -0.25) is 4.99 Å². The fourth-order valence-electron chi connectivity index (χ4n) is 2.65. The summed E-state index contributed by atoms with van der Waals surface area (Å²) in [6.45, 7) is 2.44. The molecule has 4 rings (SSSR count). The third-order valence-electron chi connectivity index (χ3n) is 3.89. The van der Waals surface area contributed by atoms with Crippen LogP contribution in [0.15, 0.2) is 35.3 Å². The summed E-state index contributed by atoms with van der Waals surface area (Å²) in [5.41, 5.74) is 2.55. The maximum absolute atomic E-state index is 6.37. The summed E-state index contributed by atoms with van der Waals surface area (Å²) >= 11 is 12.7. The number of nitrogens with one attached hydrogen (secondary N) is 3. The highest BCUT2D eigenvalue weighted by atomic mass is 35.5. The second-order valence-corrected chi connectivity index (χ2v) is 6.45. The molecule has 0 aromatic heterocycles. The van der Waals surface area contributed by atoms with Gasteiger partial charge < -0.3 is 25.4 Å². The zero-order valence-electron chi connectivity index (χ0n) is 13.2. The molecule has 130 valence electrons. The third-order valence-corrected chi connectivity index (χ3v) is 4.49. The predicted molar refractivity (Wildman–Crippen MR) is 100 cm³/mol. The molecule has 2 aromatic carbocycles. The van der Waals surface area contributed by atoms with Crippen LogP contribution in [0.5, 0.6) is 11.5 Å². The van der Waals surface area contributed by atoms with Crippen molar-refractivity contribution in [1.29, 1.82) is 0 Å². The molecule has 0 bridgehead atoms. The van der Waals surface area contributed by atoms with Gasteiger partial charge in [0.05, 0.1) is 22.3 Å². The number of anilines is 2. The highest BCUT2D eigenvalue weighted by molar-refractivity contribution is 6.40. The van der Waals surface area contributed by atoms with Crippen molar-refractivity contribution >= 4 is 40.5 Å². The molecular formula is C17H16Cl2N4O2. The van der Waals surface area contributed by atoms with E-state index in [1.165, 1.54) is 0 Å². The topological polar surface area (TPSA) is 66.9 Å². The van der Waals surface area contributed by atoms with Crippen LogP contribution in [-0.4, -0.2) is 25.8 Å². The molecule has 0 fully saturated rings. The Kier molecular flexibility index (Phi) is 4.46. The lowest BCUT2D eigenvalue weighted by atomic mass is 10.2. The van der Waals surface area contributed by atoms with Gasteiger partial charge in [-0.25, -0.2) is 0 Å². The van der Waals surface area contributed by atoms with Crippen molar-refractivity contribution in [3.8, 4) is 11.5 Å². The quantitative estimate of drug-likeness (QED) is 0.756. The van der Waals surface area contributed by atoms with Crippen LogP contribution < -0.4 is 25.4 Å². The van der Waals surface area contributed by atoms with Gasteiger partial charge in [-0.2, -0.15) is 0 Å². The van der Waals surface area contributed by atoms with Crippen molar-refractivity contribution in [3.05, 3.63) is 45.9 Å². The van der Waals surface area contributed by atoms with Crippen LogP contribution >= 0.6 is 23.2 Å². The number of aliphatic imine (C=N–C) groups is 1. The van der Waals surface area contributed by atoms with Crippen LogP contribution in [-0.2, 0) is 6.54 Å².